The first kappa shape index (κ1) is 13.2. The van der Waals surface area contributed by atoms with Crippen molar-refractivity contribution in [1.82, 2.24) is 0 Å². The summed E-state index contributed by atoms with van der Waals surface area (Å²) in [6.07, 6.45) is 4.83. The standard InChI is InChI=1S/C12H19N3O2S/c13-11-9-10(5-6-12(11)18(14,16)17)15-7-3-1-2-4-8-15/h5-6,9H,1-4,7-8,13H2,(H2,14,16,17). The molecule has 0 bridgehead atoms. The van der Waals surface area contributed by atoms with E-state index in [0.29, 0.717) is 0 Å². The van der Waals surface area contributed by atoms with E-state index in [4.69, 9.17) is 10.9 Å². The SMILES string of the molecule is Nc1cc(N2CCCCCC2)ccc1S(N)(=O)=O. The summed E-state index contributed by atoms with van der Waals surface area (Å²) in [5, 5.41) is 5.09. The van der Waals surface area contributed by atoms with E-state index in [-0.39, 0.29) is 10.6 Å². The Morgan fingerprint density at radius 3 is 2.17 bits per heavy atom. The monoisotopic (exact) mass is 269 g/mol. The summed E-state index contributed by atoms with van der Waals surface area (Å²) in [5.74, 6) is 0. The topological polar surface area (TPSA) is 89.4 Å². The minimum atomic E-state index is -3.73. The van der Waals surface area contributed by atoms with Gasteiger partial charge < -0.3 is 10.6 Å². The molecule has 1 fully saturated rings. The van der Waals surface area contributed by atoms with Gasteiger partial charge in [0.25, 0.3) is 0 Å². The lowest BCUT2D eigenvalue weighted by molar-refractivity contribution is 0.598. The van der Waals surface area contributed by atoms with Crippen molar-refractivity contribution in [3.8, 4) is 0 Å². The van der Waals surface area contributed by atoms with Crippen molar-refractivity contribution >= 4 is 21.4 Å². The van der Waals surface area contributed by atoms with Gasteiger partial charge in [-0.25, -0.2) is 13.6 Å². The van der Waals surface area contributed by atoms with Gasteiger partial charge in [0.1, 0.15) is 4.90 Å². The fourth-order valence-corrected chi connectivity index (χ4v) is 2.97. The van der Waals surface area contributed by atoms with Gasteiger partial charge in [0.05, 0.1) is 5.69 Å². The van der Waals surface area contributed by atoms with Crippen molar-refractivity contribution in [3.05, 3.63) is 18.2 Å². The molecule has 0 amide bonds. The molecule has 1 aliphatic rings. The zero-order valence-electron chi connectivity index (χ0n) is 10.3. The van der Waals surface area contributed by atoms with Crippen LogP contribution in [0.3, 0.4) is 0 Å². The molecule has 1 aromatic rings. The maximum atomic E-state index is 11.3. The molecule has 0 aliphatic carbocycles. The van der Waals surface area contributed by atoms with Crippen LogP contribution >= 0.6 is 0 Å². The molecule has 1 saturated heterocycles. The van der Waals surface area contributed by atoms with Crippen molar-refractivity contribution in [2.45, 2.75) is 30.6 Å². The van der Waals surface area contributed by atoms with Crippen molar-refractivity contribution in [1.29, 1.82) is 0 Å². The van der Waals surface area contributed by atoms with Gasteiger partial charge in [0.15, 0.2) is 0 Å². The van der Waals surface area contributed by atoms with Crippen LogP contribution in [-0.4, -0.2) is 21.5 Å². The normalized spacial score (nSPS) is 17.5. The second-order valence-electron chi connectivity index (χ2n) is 4.67. The third-order valence-corrected chi connectivity index (χ3v) is 4.26. The molecule has 0 radical (unpaired) electrons. The number of nitrogens with zero attached hydrogens (tertiary/aromatic N) is 1. The average molecular weight is 269 g/mol. The number of hydrogen-bond acceptors (Lipinski definition) is 4. The van der Waals surface area contributed by atoms with Crippen LogP contribution in [0.5, 0.6) is 0 Å². The zero-order valence-corrected chi connectivity index (χ0v) is 11.1. The van der Waals surface area contributed by atoms with E-state index in [2.05, 4.69) is 4.90 Å². The van der Waals surface area contributed by atoms with Crippen LogP contribution in [-0.2, 0) is 10.0 Å². The molecule has 5 nitrogen and oxygen atoms in total. The second kappa shape index (κ2) is 5.16. The summed E-state index contributed by atoms with van der Waals surface area (Å²) in [7, 11) is -3.73. The Bertz CT molecular complexity index is 520. The molecular weight excluding hydrogens is 250 g/mol. The van der Waals surface area contributed by atoms with Crippen molar-refractivity contribution in [3.63, 3.8) is 0 Å². The van der Waals surface area contributed by atoms with Crippen LogP contribution in [0.25, 0.3) is 0 Å². The number of anilines is 2. The van der Waals surface area contributed by atoms with E-state index in [0.717, 1.165) is 31.6 Å². The van der Waals surface area contributed by atoms with E-state index < -0.39 is 10.0 Å². The van der Waals surface area contributed by atoms with Crippen LogP contribution in [0.1, 0.15) is 25.7 Å². The molecule has 0 atom stereocenters. The molecule has 100 valence electrons. The third kappa shape index (κ3) is 2.94. The Kier molecular flexibility index (Phi) is 3.77. The quantitative estimate of drug-likeness (QED) is 0.792. The molecule has 1 aromatic carbocycles. The highest BCUT2D eigenvalue weighted by Crippen LogP contribution is 2.26. The molecule has 0 aromatic heterocycles. The number of nitrogens with two attached hydrogens (primary N) is 2. The first-order chi connectivity index (χ1) is 8.48. The number of primary sulfonamides is 1. The Balaban J connectivity index is 2.28. The summed E-state index contributed by atoms with van der Waals surface area (Å²) >= 11 is 0. The number of sulfonamides is 1. The Hall–Kier alpha value is -1.27. The molecule has 1 heterocycles. The van der Waals surface area contributed by atoms with Gasteiger partial charge in [0, 0.05) is 18.8 Å². The first-order valence-corrected chi connectivity index (χ1v) is 7.70. The van der Waals surface area contributed by atoms with Gasteiger partial charge in [-0.3, -0.25) is 0 Å². The van der Waals surface area contributed by atoms with Crippen LogP contribution in [0.4, 0.5) is 11.4 Å². The summed E-state index contributed by atoms with van der Waals surface area (Å²) in [4.78, 5) is 2.25. The van der Waals surface area contributed by atoms with E-state index in [1.807, 2.05) is 0 Å². The number of benzene rings is 1. The zero-order chi connectivity index (χ0) is 13.2. The summed E-state index contributed by atoms with van der Waals surface area (Å²) in [6.45, 7) is 1.99. The van der Waals surface area contributed by atoms with Crippen LogP contribution in [0, 0.1) is 0 Å². The minimum absolute atomic E-state index is 0.000993. The molecule has 0 unspecified atom stereocenters. The summed E-state index contributed by atoms with van der Waals surface area (Å²) in [6, 6.07) is 4.97. The first-order valence-electron chi connectivity index (χ1n) is 6.16. The van der Waals surface area contributed by atoms with Gasteiger partial charge in [0.2, 0.25) is 10.0 Å². The molecule has 1 aliphatic heterocycles. The lowest BCUT2D eigenvalue weighted by atomic mass is 10.2. The lowest BCUT2D eigenvalue weighted by Gasteiger charge is -2.23. The van der Waals surface area contributed by atoms with Crippen molar-refractivity contribution < 1.29 is 8.42 Å². The number of nitrogen functional groups attached to an aromatic ring is 1. The fraction of sp³-hybridized carbons (Fsp3) is 0.500. The van der Waals surface area contributed by atoms with Gasteiger partial charge in [-0.2, -0.15) is 0 Å². The van der Waals surface area contributed by atoms with Gasteiger partial charge in [-0.05, 0) is 31.0 Å². The predicted octanol–water partition coefficient (Wildman–Crippen LogP) is 1.30. The van der Waals surface area contributed by atoms with E-state index in [1.54, 1.807) is 12.1 Å². The summed E-state index contributed by atoms with van der Waals surface area (Å²) < 4.78 is 22.6. The largest absolute Gasteiger partial charge is 0.398 e. The van der Waals surface area contributed by atoms with Crippen LogP contribution in [0.15, 0.2) is 23.1 Å². The predicted molar refractivity (Wildman–Crippen MR) is 72.9 cm³/mol. The highest BCUT2D eigenvalue weighted by Gasteiger charge is 2.15. The molecule has 0 saturated carbocycles. The lowest BCUT2D eigenvalue weighted by Crippen LogP contribution is -2.24. The molecule has 4 N–H and O–H groups in total. The Morgan fingerprint density at radius 2 is 1.67 bits per heavy atom. The van der Waals surface area contributed by atoms with Gasteiger partial charge >= 0.3 is 0 Å². The minimum Gasteiger partial charge on any atom is -0.398 e. The van der Waals surface area contributed by atoms with Gasteiger partial charge in [-0.1, -0.05) is 12.8 Å². The van der Waals surface area contributed by atoms with E-state index >= 15 is 0 Å². The molecular formula is C12H19N3O2S. The fourth-order valence-electron chi connectivity index (χ4n) is 2.32. The third-order valence-electron chi connectivity index (χ3n) is 3.27. The molecule has 2 rings (SSSR count). The van der Waals surface area contributed by atoms with Crippen LogP contribution < -0.4 is 15.8 Å². The number of rotatable bonds is 2. The van der Waals surface area contributed by atoms with Gasteiger partial charge in [-0.15, -0.1) is 0 Å². The maximum absolute atomic E-state index is 11.3. The smallest absolute Gasteiger partial charge is 0.240 e. The number of hydrogen-bond donors (Lipinski definition) is 2. The highest BCUT2D eigenvalue weighted by molar-refractivity contribution is 7.89. The van der Waals surface area contributed by atoms with Crippen molar-refractivity contribution in [2.75, 3.05) is 23.7 Å². The molecule has 0 spiro atoms. The van der Waals surface area contributed by atoms with E-state index in [1.165, 1.54) is 18.9 Å². The summed E-state index contributed by atoms with van der Waals surface area (Å²) in [5.41, 5.74) is 6.96. The Labute approximate surface area is 108 Å². The second-order valence-corrected chi connectivity index (χ2v) is 6.20. The van der Waals surface area contributed by atoms with E-state index in [9.17, 15) is 8.42 Å². The van der Waals surface area contributed by atoms with Crippen LogP contribution in [0.2, 0.25) is 0 Å². The molecule has 6 heteroatoms. The highest BCUT2D eigenvalue weighted by atomic mass is 32.2. The van der Waals surface area contributed by atoms with Crippen molar-refractivity contribution in [2.24, 2.45) is 5.14 Å². The Morgan fingerprint density at radius 1 is 1.06 bits per heavy atom. The molecule has 18 heavy (non-hydrogen) atoms. The average Bonchev–Trinajstić information content (AvgIpc) is 2.55. The maximum Gasteiger partial charge on any atom is 0.240 e.